The van der Waals surface area contributed by atoms with Crippen molar-refractivity contribution in [3.63, 3.8) is 0 Å². The molecule has 4 rings (SSSR count). The van der Waals surface area contributed by atoms with Crippen LogP contribution in [0.5, 0.6) is 0 Å². The van der Waals surface area contributed by atoms with Crippen molar-refractivity contribution in [2.45, 2.75) is 31.6 Å². The second-order valence-corrected chi connectivity index (χ2v) is 6.01. The largest absolute Gasteiger partial charge is 0.361 e. The first kappa shape index (κ1) is 11.0. The van der Waals surface area contributed by atoms with E-state index in [1.54, 1.807) is 12.1 Å². The Labute approximate surface area is 111 Å². The number of aromatic nitrogens is 1. The van der Waals surface area contributed by atoms with Crippen molar-refractivity contribution in [2.75, 3.05) is 0 Å². The van der Waals surface area contributed by atoms with E-state index in [9.17, 15) is 10.1 Å². The Morgan fingerprint density at radius 3 is 2.84 bits per heavy atom. The van der Waals surface area contributed by atoms with Gasteiger partial charge in [0.1, 0.15) is 0 Å². The van der Waals surface area contributed by atoms with Gasteiger partial charge in [0.25, 0.3) is 5.69 Å². The zero-order chi connectivity index (χ0) is 13.0. The molecule has 0 amide bonds. The minimum atomic E-state index is -0.309. The van der Waals surface area contributed by atoms with Crippen LogP contribution >= 0.6 is 0 Å². The first-order chi connectivity index (χ1) is 9.22. The summed E-state index contributed by atoms with van der Waals surface area (Å²) in [5, 5.41) is 12.0. The molecule has 1 aromatic heterocycles. The molecule has 2 aliphatic rings. The van der Waals surface area contributed by atoms with Crippen molar-refractivity contribution in [3.8, 4) is 0 Å². The molecule has 0 aliphatic heterocycles. The summed E-state index contributed by atoms with van der Waals surface area (Å²) >= 11 is 0. The molecule has 2 bridgehead atoms. The monoisotopic (exact) mass is 256 g/mol. The summed E-state index contributed by atoms with van der Waals surface area (Å²) in [6.45, 7) is 0. The Kier molecular flexibility index (Phi) is 2.22. The van der Waals surface area contributed by atoms with E-state index in [0.717, 1.165) is 22.7 Å². The van der Waals surface area contributed by atoms with Gasteiger partial charge in [-0.15, -0.1) is 0 Å². The fraction of sp³-hybridized carbons (Fsp3) is 0.467. The van der Waals surface area contributed by atoms with Gasteiger partial charge in [0.2, 0.25) is 0 Å². The van der Waals surface area contributed by atoms with Crippen LogP contribution in [0.1, 0.15) is 37.2 Å². The lowest BCUT2D eigenvalue weighted by atomic mass is 9.83. The summed E-state index contributed by atoms with van der Waals surface area (Å²) in [7, 11) is 0. The number of fused-ring (bicyclic) bond motifs is 3. The van der Waals surface area contributed by atoms with Gasteiger partial charge in [0, 0.05) is 29.2 Å². The molecule has 2 aliphatic carbocycles. The van der Waals surface area contributed by atoms with E-state index >= 15 is 0 Å². The van der Waals surface area contributed by atoms with Gasteiger partial charge in [0.15, 0.2) is 0 Å². The molecule has 3 unspecified atom stereocenters. The molecule has 0 radical (unpaired) electrons. The van der Waals surface area contributed by atoms with Crippen LogP contribution in [0.3, 0.4) is 0 Å². The summed E-state index contributed by atoms with van der Waals surface area (Å²) < 4.78 is 0. The molecule has 0 spiro atoms. The maximum Gasteiger partial charge on any atom is 0.270 e. The first-order valence-corrected chi connectivity index (χ1v) is 6.98. The zero-order valence-corrected chi connectivity index (χ0v) is 10.6. The maximum absolute atomic E-state index is 10.9. The van der Waals surface area contributed by atoms with Gasteiger partial charge in [0.05, 0.1) is 4.92 Å². The van der Waals surface area contributed by atoms with Gasteiger partial charge in [-0.25, -0.2) is 0 Å². The molecule has 1 heterocycles. The number of hydrogen-bond donors (Lipinski definition) is 1. The number of nitro benzene ring substituents is 1. The molecule has 4 nitrogen and oxygen atoms in total. The minimum absolute atomic E-state index is 0.191. The molecule has 1 N–H and O–H groups in total. The number of hydrogen-bond acceptors (Lipinski definition) is 2. The van der Waals surface area contributed by atoms with E-state index in [2.05, 4.69) is 11.2 Å². The third-order valence-corrected chi connectivity index (χ3v) is 5.05. The Morgan fingerprint density at radius 1 is 1.26 bits per heavy atom. The SMILES string of the molecule is O=[N+]([O-])c1ccc2[nH]cc(C3CC4CCC3C4)c2c1. The van der Waals surface area contributed by atoms with Crippen molar-refractivity contribution in [1.82, 2.24) is 4.98 Å². The van der Waals surface area contributed by atoms with Crippen LogP contribution in [0.4, 0.5) is 5.69 Å². The summed E-state index contributed by atoms with van der Waals surface area (Å²) in [5.41, 5.74) is 2.51. The molecule has 4 heteroatoms. The Hall–Kier alpha value is -1.84. The van der Waals surface area contributed by atoms with Crippen LogP contribution < -0.4 is 0 Å². The van der Waals surface area contributed by atoms with Gasteiger partial charge in [-0.1, -0.05) is 6.42 Å². The van der Waals surface area contributed by atoms with E-state index in [0.29, 0.717) is 5.92 Å². The van der Waals surface area contributed by atoms with Crippen LogP contribution in [0, 0.1) is 22.0 Å². The van der Waals surface area contributed by atoms with Crippen LogP contribution in [-0.4, -0.2) is 9.91 Å². The fourth-order valence-corrected chi connectivity index (χ4v) is 4.18. The number of nitro groups is 1. The molecule has 2 fully saturated rings. The quantitative estimate of drug-likeness (QED) is 0.652. The van der Waals surface area contributed by atoms with E-state index in [1.807, 2.05) is 6.07 Å². The van der Waals surface area contributed by atoms with Gasteiger partial charge in [-0.05, 0) is 48.6 Å². The highest BCUT2D eigenvalue weighted by atomic mass is 16.6. The number of rotatable bonds is 2. The normalized spacial score (nSPS) is 29.2. The van der Waals surface area contributed by atoms with E-state index in [4.69, 9.17) is 0 Å². The number of nitrogens with one attached hydrogen (secondary N) is 1. The van der Waals surface area contributed by atoms with Crippen LogP contribution in [0.15, 0.2) is 24.4 Å². The number of H-pyrrole nitrogens is 1. The lowest BCUT2D eigenvalue weighted by molar-refractivity contribution is -0.384. The highest BCUT2D eigenvalue weighted by Gasteiger charge is 2.40. The van der Waals surface area contributed by atoms with E-state index in [1.165, 1.54) is 31.2 Å². The van der Waals surface area contributed by atoms with Crippen molar-refractivity contribution in [3.05, 3.63) is 40.1 Å². The van der Waals surface area contributed by atoms with Crippen LogP contribution in [0.25, 0.3) is 10.9 Å². The molecule has 19 heavy (non-hydrogen) atoms. The average molecular weight is 256 g/mol. The highest BCUT2D eigenvalue weighted by molar-refractivity contribution is 5.86. The summed E-state index contributed by atoms with van der Waals surface area (Å²) in [6.07, 6.45) is 7.40. The van der Waals surface area contributed by atoms with Crippen LogP contribution in [-0.2, 0) is 0 Å². The Bertz CT molecular complexity index is 661. The van der Waals surface area contributed by atoms with Crippen molar-refractivity contribution in [2.24, 2.45) is 11.8 Å². The van der Waals surface area contributed by atoms with Gasteiger partial charge < -0.3 is 4.98 Å². The third kappa shape index (κ3) is 1.59. The van der Waals surface area contributed by atoms with Gasteiger partial charge in [-0.2, -0.15) is 0 Å². The second-order valence-electron chi connectivity index (χ2n) is 6.01. The smallest absolute Gasteiger partial charge is 0.270 e. The molecule has 2 aromatic rings. The number of benzene rings is 1. The lowest BCUT2D eigenvalue weighted by Crippen LogP contribution is -2.07. The lowest BCUT2D eigenvalue weighted by Gasteiger charge is -2.21. The summed E-state index contributed by atoms with van der Waals surface area (Å²) in [5.74, 6) is 2.29. The number of aromatic amines is 1. The van der Waals surface area contributed by atoms with Crippen molar-refractivity contribution in [1.29, 1.82) is 0 Å². The fourth-order valence-electron chi connectivity index (χ4n) is 4.18. The maximum atomic E-state index is 10.9. The predicted octanol–water partition coefficient (Wildman–Crippen LogP) is 3.98. The predicted molar refractivity (Wildman–Crippen MR) is 73.1 cm³/mol. The van der Waals surface area contributed by atoms with E-state index < -0.39 is 0 Å². The van der Waals surface area contributed by atoms with Crippen LogP contribution in [0.2, 0.25) is 0 Å². The number of non-ortho nitro benzene ring substituents is 1. The first-order valence-electron chi connectivity index (χ1n) is 6.98. The van der Waals surface area contributed by atoms with Crippen molar-refractivity contribution >= 4 is 16.6 Å². The Balaban J connectivity index is 1.81. The van der Waals surface area contributed by atoms with Gasteiger partial charge in [-0.3, -0.25) is 10.1 Å². The summed E-state index contributed by atoms with van der Waals surface area (Å²) in [6, 6.07) is 5.13. The molecule has 2 saturated carbocycles. The Morgan fingerprint density at radius 2 is 2.16 bits per heavy atom. The molecule has 0 saturated heterocycles. The third-order valence-electron chi connectivity index (χ3n) is 5.05. The van der Waals surface area contributed by atoms with Crippen molar-refractivity contribution < 1.29 is 4.92 Å². The molecule has 1 aromatic carbocycles. The number of nitrogens with zero attached hydrogens (tertiary/aromatic N) is 1. The molecule has 98 valence electrons. The molecule has 3 atom stereocenters. The average Bonchev–Trinajstić information content (AvgIpc) is 3.11. The zero-order valence-electron chi connectivity index (χ0n) is 10.6. The highest BCUT2D eigenvalue weighted by Crippen LogP contribution is 2.53. The molecular weight excluding hydrogens is 240 g/mol. The van der Waals surface area contributed by atoms with E-state index in [-0.39, 0.29) is 10.6 Å². The van der Waals surface area contributed by atoms with Gasteiger partial charge >= 0.3 is 0 Å². The second kappa shape index (κ2) is 3.83. The summed E-state index contributed by atoms with van der Waals surface area (Å²) in [4.78, 5) is 13.9. The topological polar surface area (TPSA) is 58.9 Å². The molecular formula is C15H16N2O2. The minimum Gasteiger partial charge on any atom is -0.361 e. The standard InChI is InChI=1S/C15H16N2O2/c18-17(19)11-3-4-15-13(7-11)14(8-16-15)12-6-9-1-2-10(12)5-9/h3-4,7-10,12,16H,1-2,5-6H2.